The second kappa shape index (κ2) is 6.53. The normalized spacial score (nSPS) is 25.4. The average molecular weight is 252 g/mol. The highest BCUT2D eigenvalue weighted by Crippen LogP contribution is 2.22. The Morgan fingerprint density at radius 1 is 1.35 bits per heavy atom. The first-order valence-corrected chi connectivity index (χ1v) is 7.74. The van der Waals surface area contributed by atoms with E-state index in [2.05, 4.69) is 28.7 Å². The third-order valence-corrected chi connectivity index (χ3v) is 4.66. The summed E-state index contributed by atoms with van der Waals surface area (Å²) in [7, 11) is 0. The molecule has 0 atom stereocenters. The molecule has 0 amide bonds. The van der Waals surface area contributed by atoms with Crippen LogP contribution in [0.1, 0.15) is 38.2 Å². The SMILES string of the molecule is CCN(CCc1ccsc1)C1CCC(N)CC1. The fraction of sp³-hybridized carbons (Fsp3) is 0.714. The fourth-order valence-electron chi connectivity index (χ4n) is 2.77. The van der Waals surface area contributed by atoms with Gasteiger partial charge in [0.2, 0.25) is 0 Å². The molecule has 0 spiro atoms. The number of rotatable bonds is 5. The molecule has 0 aliphatic heterocycles. The molecular weight excluding hydrogens is 228 g/mol. The number of nitrogens with two attached hydrogens (primary N) is 1. The summed E-state index contributed by atoms with van der Waals surface area (Å²) in [6, 6.07) is 3.48. The van der Waals surface area contributed by atoms with Gasteiger partial charge in [-0.05, 0) is 61.0 Å². The third-order valence-electron chi connectivity index (χ3n) is 3.93. The summed E-state index contributed by atoms with van der Waals surface area (Å²) < 4.78 is 0. The molecule has 0 aromatic carbocycles. The molecule has 0 unspecified atom stereocenters. The Balaban J connectivity index is 1.80. The molecular formula is C14H24N2S. The van der Waals surface area contributed by atoms with Crippen LogP contribution in [-0.2, 0) is 6.42 Å². The van der Waals surface area contributed by atoms with Crippen LogP contribution in [0.15, 0.2) is 16.8 Å². The molecule has 1 saturated carbocycles. The zero-order valence-electron chi connectivity index (χ0n) is 10.8. The van der Waals surface area contributed by atoms with E-state index >= 15 is 0 Å². The van der Waals surface area contributed by atoms with Crippen LogP contribution >= 0.6 is 11.3 Å². The Morgan fingerprint density at radius 2 is 2.12 bits per heavy atom. The van der Waals surface area contributed by atoms with E-state index in [1.54, 1.807) is 11.3 Å². The molecule has 1 aromatic rings. The molecule has 1 heterocycles. The quantitative estimate of drug-likeness (QED) is 0.873. The summed E-state index contributed by atoms with van der Waals surface area (Å²) in [6.07, 6.45) is 6.19. The lowest BCUT2D eigenvalue weighted by Crippen LogP contribution is -2.41. The maximum atomic E-state index is 5.97. The van der Waals surface area contributed by atoms with Crippen LogP contribution in [-0.4, -0.2) is 30.1 Å². The van der Waals surface area contributed by atoms with Crippen LogP contribution in [0.5, 0.6) is 0 Å². The number of hydrogen-bond donors (Lipinski definition) is 1. The monoisotopic (exact) mass is 252 g/mol. The minimum absolute atomic E-state index is 0.460. The Hall–Kier alpha value is -0.380. The average Bonchev–Trinajstić information content (AvgIpc) is 2.85. The van der Waals surface area contributed by atoms with E-state index in [-0.39, 0.29) is 0 Å². The van der Waals surface area contributed by atoms with Gasteiger partial charge in [-0.3, -0.25) is 0 Å². The Bertz CT molecular complexity index is 302. The fourth-order valence-corrected chi connectivity index (χ4v) is 3.48. The van der Waals surface area contributed by atoms with Gasteiger partial charge in [0.1, 0.15) is 0 Å². The number of thiophene rings is 1. The van der Waals surface area contributed by atoms with Gasteiger partial charge in [0.15, 0.2) is 0 Å². The Labute approximate surface area is 109 Å². The molecule has 0 radical (unpaired) electrons. The van der Waals surface area contributed by atoms with Crippen molar-refractivity contribution in [1.82, 2.24) is 4.90 Å². The molecule has 1 aliphatic carbocycles. The molecule has 0 bridgehead atoms. The van der Waals surface area contributed by atoms with Gasteiger partial charge in [0, 0.05) is 18.6 Å². The number of nitrogens with zero attached hydrogens (tertiary/aromatic N) is 1. The van der Waals surface area contributed by atoms with Gasteiger partial charge in [-0.1, -0.05) is 6.92 Å². The predicted molar refractivity (Wildman–Crippen MR) is 75.5 cm³/mol. The van der Waals surface area contributed by atoms with Crippen molar-refractivity contribution in [3.05, 3.63) is 22.4 Å². The third kappa shape index (κ3) is 3.80. The lowest BCUT2D eigenvalue weighted by atomic mass is 9.90. The summed E-state index contributed by atoms with van der Waals surface area (Å²) in [4.78, 5) is 2.64. The number of hydrogen-bond acceptors (Lipinski definition) is 3. The molecule has 17 heavy (non-hydrogen) atoms. The van der Waals surface area contributed by atoms with Gasteiger partial charge in [0.05, 0.1) is 0 Å². The highest BCUT2D eigenvalue weighted by atomic mass is 32.1. The van der Waals surface area contributed by atoms with Crippen molar-refractivity contribution in [3.8, 4) is 0 Å². The zero-order chi connectivity index (χ0) is 12.1. The van der Waals surface area contributed by atoms with E-state index in [1.165, 1.54) is 50.8 Å². The smallest absolute Gasteiger partial charge is 0.00964 e. The van der Waals surface area contributed by atoms with Crippen molar-refractivity contribution < 1.29 is 0 Å². The summed E-state index contributed by atoms with van der Waals surface area (Å²) in [5.74, 6) is 0. The van der Waals surface area contributed by atoms with E-state index in [1.807, 2.05) is 0 Å². The van der Waals surface area contributed by atoms with Gasteiger partial charge in [-0.2, -0.15) is 11.3 Å². The molecule has 1 aliphatic rings. The number of likely N-dealkylation sites (N-methyl/N-ethyl adjacent to an activating group) is 1. The standard InChI is InChI=1S/C14H24N2S/c1-2-16(9-7-12-8-10-17-11-12)14-5-3-13(15)4-6-14/h8,10-11,13-14H,2-7,9,15H2,1H3. The minimum Gasteiger partial charge on any atom is -0.328 e. The van der Waals surface area contributed by atoms with E-state index < -0.39 is 0 Å². The summed E-state index contributed by atoms with van der Waals surface area (Å²) in [5.41, 5.74) is 7.46. The molecule has 96 valence electrons. The maximum absolute atomic E-state index is 5.97. The highest BCUT2D eigenvalue weighted by molar-refractivity contribution is 7.07. The topological polar surface area (TPSA) is 29.3 Å². The molecule has 2 N–H and O–H groups in total. The summed E-state index contributed by atoms with van der Waals surface area (Å²) in [6.45, 7) is 4.65. The maximum Gasteiger partial charge on any atom is 0.00964 e. The van der Waals surface area contributed by atoms with E-state index in [0.29, 0.717) is 6.04 Å². The first kappa shape index (κ1) is 13.1. The van der Waals surface area contributed by atoms with Gasteiger partial charge < -0.3 is 10.6 Å². The Kier molecular flexibility index (Phi) is 5.01. The molecule has 2 nitrogen and oxygen atoms in total. The van der Waals surface area contributed by atoms with E-state index in [4.69, 9.17) is 5.73 Å². The van der Waals surface area contributed by atoms with Crippen molar-refractivity contribution >= 4 is 11.3 Å². The van der Waals surface area contributed by atoms with E-state index in [9.17, 15) is 0 Å². The minimum atomic E-state index is 0.460. The molecule has 3 heteroatoms. The van der Waals surface area contributed by atoms with Crippen LogP contribution in [0.2, 0.25) is 0 Å². The Morgan fingerprint density at radius 3 is 2.71 bits per heavy atom. The molecule has 0 saturated heterocycles. The second-order valence-electron chi connectivity index (χ2n) is 5.08. The summed E-state index contributed by atoms with van der Waals surface area (Å²) in [5, 5.41) is 4.44. The van der Waals surface area contributed by atoms with Crippen LogP contribution < -0.4 is 5.73 Å². The van der Waals surface area contributed by atoms with Gasteiger partial charge >= 0.3 is 0 Å². The molecule has 2 rings (SSSR count). The van der Waals surface area contributed by atoms with Crippen LogP contribution in [0.3, 0.4) is 0 Å². The van der Waals surface area contributed by atoms with Crippen LogP contribution in [0, 0.1) is 0 Å². The van der Waals surface area contributed by atoms with Crippen molar-refractivity contribution in [2.45, 2.75) is 51.1 Å². The molecule has 1 aromatic heterocycles. The second-order valence-corrected chi connectivity index (χ2v) is 5.86. The first-order chi connectivity index (χ1) is 8.29. The van der Waals surface area contributed by atoms with Crippen LogP contribution in [0.4, 0.5) is 0 Å². The lowest BCUT2D eigenvalue weighted by molar-refractivity contribution is 0.158. The summed E-state index contributed by atoms with van der Waals surface area (Å²) >= 11 is 1.80. The molecule has 1 fully saturated rings. The first-order valence-electron chi connectivity index (χ1n) is 6.80. The van der Waals surface area contributed by atoms with Crippen molar-refractivity contribution in [2.75, 3.05) is 13.1 Å². The van der Waals surface area contributed by atoms with Gasteiger partial charge in [0.25, 0.3) is 0 Å². The zero-order valence-corrected chi connectivity index (χ0v) is 11.6. The van der Waals surface area contributed by atoms with Gasteiger partial charge in [-0.15, -0.1) is 0 Å². The largest absolute Gasteiger partial charge is 0.328 e. The van der Waals surface area contributed by atoms with Crippen LogP contribution in [0.25, 0.3) is 0 Å². The predicted octanol–water partition coefficient (Wildman–Crippen LogP) is 2.88. The van der Waals surface area contributed by atoms with E-state index in [0.717, 1.165) is 6.04 Å². The van der Waals surface area contributed by atoms with Gasteiger partial charge in [-0.25, -0.2) is 0 Å². The van der Waals surface area contributed by atoms with Crippen molar-refractivity contribution in [3.63, 3.8) is 0 Å². The van der Waals surface area contributed by atoms with Crippen molar-refractivity contribution in [1.29, 1.82) is 0 Å². The lowest BCUT2D eigenvalue weighted by Gasteiger charge is -2.35. The highest BCUT2D eigenvalue weighted by Gasteiger charge is 2.22. The van der Waals surface area contributed by atoms with Crippen molar-refractivity contribution in [2.24, 2.45) is 5.73 Å².